The van der Waals surface area contributed by atoms with Crippen molar-refractivity contribution in [3.05, 3.63) is 29.3 Å². The SMILES string of the molecule is CCCCCCCCCCCCCCCCCC(=O)Nc1ccc(C(=O)O)c(C(=O)O)c1. The Balaban J connectivity index is 2.05. The van der Waals surface area contributed by atoms with Crippen molar-refractivity contribution in [1.29, 1.82) is 0 Å². The molecule has 0 bridgehead atoms. The number of nitrogens with one attached hydrogen (secondary N) is 1. The Bertz CT molecular complexity index is 701. The second kappa shape index (κ2) is 17.2. The molecule has 0 heterocycles. The Hall–Kier alpha value is -2.37. The van der Waals surface area contributed by atoms with Gasteiger partial charge >= 0.3 is 11.9 Å². The fourth-order valence-corrected chi connectivity index (χ4v) is 3.87. The largest absolute Gasteiger partial charge is 0.478 e. The summed E-state index contributed by atoms with van der Waals surface area (Å²) in [5.41, 5.74) is -0.321. The summed E-state index contributed by atoms with van der Waals surface area (Å²) >= 11 is 0. The smallest absolute Gasteiger partial charge is 0.336 e. The molecule has 0 fully saturated rings. The molecule has 32 heavy (non-hydrogen) atoms. The lowest BCUT2D eigenvalue weighted by Gasteiger charge is -2.08. The van der Waals surface area contributed by atoms with Crippen LogP contribution >= 0.6 is 0 Å². The maximum Gasteiger partial charge on any atom is 0.336 e. The molecule has 0 spiro atoms. The van der Waals surface area contributed by atoms with Crippen LogP contribution in [0.4, 0.5) is 5.69 Å². The zero-order valence-corrected chi connectivity index (χ0v) is 19.7. The highest BCUT2D eigenvalue weighted by Gasteiger charge is 2.16. The van der Waals surface area contributed by atoms with Crippen LogP contribution in [0.3, 0.4) is 0 Å². The fraction of sp³-hybridized carbons (Fsp3) is 0.654. The number of hydrogen-bond acceptors (Lipinski definition) is 3. The number of rotatable bonds is 19. The van der Waals surface area contributed by atoms with E-state index in [1.54, 1.807) is 0 Å². The average Bonchev–Trinajstić information content (AvgIpc) is 2.76. The topological polar surface area (TPSA) is 104 Å². The highest BCUT2D eigenvalue weighted by atomic mass is 16.4. The number of amides is 1. The zero-order valence-electron chi connectivity index (χ0n) is 19.7. The summed E-state index contributed by atoms with van der Waals surface area (Å²) in [6.07, 6.45) is 19.4. The minimum atomic E-state index is -1.33. The first-order valence-electron chi connectivity index (χ1n) is 12.4. The first-order valence-corrected chi connectivity index (χ1v) is 12.4. The van der Waals surface area contributed by atoms with E-state index < -0.39 is 11.9 Å². The average molecular weight is 448 g/mol. The molecule has 0 unspecified atom stereocenters. The molecule has 0 saturated carbocycles. The third-order valence-electron chi connectivity index (χ3n) is 5.77. The Labute approximate surface area is 192 Å². The maximum atomic E-state index is 12.1. The number of unbranched alkanes of at least 4 members (excludes halogenated alkanes) is 14. The summed E-state index contributed by atoms with van der Waals surface area (Å²) in [7, 11) is 0. The van der Waals surface area contributed by atoms with Gasteiger partial charge in [0.2, 0.25) is 5.91 Å². The van der Waals surface area contributed by atoms with Crippen molar-refractivity contribution in [1.82, 2.24) is 0 Å². The molecule has 6 heteroatoms. The van der Waals surface area contributed by atoms with Gasteiger partial charge in [-0.25, -0.2) is 9.59 Å². The monoisotopic (exact) mass is 447 g/mol. The molecule has 1 aromatic carbocycles. The number of carboxylic acids is 2. The summed E-state index contributed by atoms with van der Waals surface area (Å²) in [6, 6.07) is 3.81. The first kappa shape index (κ1) is 27.7. The molecule has 0 aromatic heterocycles. The lowest BCUT2D eigenvalue weighted by Crippen LogP contribution is -2.13. The van der Waals surface area contributed by atoms with Crippen LogP contribution < -0.4 is 5.32 Å². The molecule has 0 radical (unpaired) electrons. The van der Waals surface area contributed by atoms with Gasteiger partial charge in [0.25, 0.3) is 0 Å². The maximum absolute atomic E-state index is 12.1. The van der Waals surface area contributed by atoms with Crippen LogP contribution in [0.15, 0.2) is 18.2 Å². The summed E-state index contributed by atoms with van der Waals surface area (Å²) in [6.45, 7) is 2.25. The van der Waals surface area contributed by atoms with E-state index in [9.17, 15) is 14.4 Å². The van der Waals surface area contributed by atoms with Crippen molar-refractivity contribution < 1.29 is 24.6 Å². The predicted octanol–water partition coefficient (Wildman–Crippen LogP) is 7.28. The van der Waals surface area contributed by atoms with Crippen LogP contribution in [-0.2, 0) is 4.79 Å². The quantitative estimate of drug-likeness (QED) is 0.193. The molecule has 0 aliphatic rings. The van der Waals surface area contributed by atoms with Crippen molar-refractivity contribution in [3.63, 3.8) is 0 Å². The third-order valence-corrected chi connectivity index (χ3v) is 5.77. The van der Waals surface area contributed by atoms with Crippen LogP contribution in [0.2, 0.25) is 0 Å². The van der Waals surface area contributed by atoms with Crippen LogP contribution in [0.25, 0.3) is 0 Å². The summed E-state index contributed by atoms with van der Waals surface area (Å²) < 4.78 is 0. The van der Waals surface area contributed by atoms with E-state index in [-0.39, 0.29) is 17.0 Å². The van der Waals surface area contributed by atoms with E-state index in [2.05, 4.69) is 12.2 Å². The minimum absolute atomic E-state index is 0.181. The second-order valence-corrected chi connectivity index (χ2v) is 8.62. The molecule has 180 valence electrons. The molecule has 0 saturated heterocycles. The third kappa shape index (κ3) is 12.5. The van der Waals surface area contributed by atoms with Gasteiger partial charge in [-0.3, -0.25) is 4.79 Å². The highest BCUT2D eigenvalue weighted by molar-refractivity contribution is 6.03. The molecule has 0 atom stereocenters. The van der Waals surface area contributed by atoms with Gasteiger partial charge < -0.3 is 15.5 Å². The van der Waals surface area contributed by atoms with Crippen molar-refractivity contribution in [2.24, 2.45) is 0 Å². The molecular formula is C26H41NO5. The fourth-order valence-electron chi connectivity index (χ4n) is 3.87. The number of carboxylic acid groups (broad SMARTS) is 2. The molecular weight excluding hydrogens is 406 g/mol. The standard InChI is InChI=1S/C26H41NO5/c1-2-3-4-5-6-7-8-9-10-11-12-13-14-15-16-17-24(28)27-21-18-19-22(25(29)30)23(20-21)26(31)32/h18-20H,2-17H2,1H3,(H,27,28)(H,29,30)(H,31,32). The van der Waals surface area contributed by atoms with Crippen molar-refractivity contribution in [3.8, 4) is 0 Å². The van der Waals surface area contributed by atoms with E-state index in [1.807, 2.05) is 0 Å². The number of carbonyl (C=O) groups is 3. The van der Waals surface area contributed by atoms with Crippen LogP contribution in [0, 0.1) is 0 Å². The number of hydrogen-bond donors (Lipinski definition) is 3. The Morgan fingerprint density at radius 1 is 0.656 bits per heavy atom. The molecule has 0 aliphatic heterocycles. The van der Waals surface area contributed by atoms with Gasteiger partial charge in [0.15, 0.2) is 0 Å². The number of aromatic carboxylic acids is 2. The Morgan fingerprint density at radius 2 is 1.09 bits per heavy atom. The van der Waals surface area contributed by atoms with Crippen molar-refractivity contribution in [2.75, 3.05) is 5.32 Å². The van der Waals surface area contributed by atoms with Gasteiger partial charge in [-0.1, -0.05) is 96.8 Å². The number of benzene rings is 1. The molecule has 0 aliphatic carbocycles. The number of carbonyl (C=O) groups excluding carboxylic acids is 1. The zero-order chi connectivity index (χ0) is 23.6. The van der Waals surface area contributed by atoms with Crippen LogP contribution in [0.1, 0.15) is 130 Å². The van der Waals surface area contributed by atoms with Gasteiger partial charge in [-0.05, 0) is 24.6 Å². The molecule has 1 aromatic rings. The predicted molar refractivity (Wildman–Crippen MR) is 129 cm³/mol. The van der Waals surface area contributed by atoms with Gasteiger partial charge in [0, 0.05) is 12.1 Å². The second-order valence-electron chi connectivity index (χ2n) is 8.62. The van der Waals surface area contributed by atoms with E-state index in [0.717, 1.165) is 19.3 Å². The minimum Gasteiger partial charge on any atom is -0.478 e. The van der Waals surface area contributed by atoms with E-state index in [4.69, 9.17) is 10.2 Å². The molecule has 1 rings (SSSR count). The Morgan fingerprint density at radius 3 is 1.53 bits per heavy atom. The summed E-state index contributed by atoms with van der Waals surface area (Å²) in [5, 5.41) is 20.8. The van der Waals surface area contributed by atoms with Gasteiger partial charge in [-0.2, -0.15) is 0 Å². The molecule has 3 N–H and O–H groups in total. The Kier molecular flexibility index (Phi) is 14.9. The normalized spacial score (nSPS) is 10.8. The van der Waals surface area contributed by atoms with Crippen LogP contribution in [0.5, 0.6) is 0 Å². The van der Waals surface area contributed by atoms with Crippen LogP contribution in [-0.4, -0.2) is 28.1 Å². The summed E-state index contributed by atoms with van der Waals surface area (Å²) in [5.74, 6) is -2.82. The van der Waals surface area contributed by atoms with Crippen molar-refractivity contribution in [2.45, 2.75) is 110 Å². The highest BCUT2D eigenvalue weighted by Crippen LogP contribution is 2.18. The van der Waals surface area contributed by atoms with E-state index >= 15 is 0 Å². The number of anilines is 1. The van der Waals surface area contributed by atoms with E-state index in [0.29, 0.717) is 12.1 Å². The van der Waals surface area contributed by atoms with Crippen molar-refractivity contribution >= 4 is 23.5 Å². The molecule has 1 amide bonds. The molecule has 6 nitrogen and oxygen atoms in total. The van der Waals surface area contributed by atoms with Gasteiger partial charge in [-0.15, -0.1) is 0 Å². The lowest BCUT2D eigenvalue weighted by molar-refractivity contribution is -0.116. The van der Waals surface area contributed by atoms with E-state index in [1.165, 1.54) is 95.2 Å². The van der Waals surface area contributed by atoms with Gasteiger partial charge in [0.05, 0.1) is 11.1 Å². The van der Waals surface area contributed by atoms with Gasteiger partial charge in [0.1, 0.15) is 0 Å². The lowest BCUT2D eigenvalue weighted by atomic mass is 10.0. The first-order chi connectivity index (χ1) is 15.5. The summed E-state index contributed by atoms with van der Waals surface area (Å²) in [4.78, 5) is 34.4.